The maximum absolute atomic E-state index is 13.7. The number of carbonyl (C=O) groups excluding carboxylic acids is 2. The van der Waals surface area contributed by atoms with Crippen LogP contribution in [0.4, 0.5) is 18.9 Å². The summed E-state index contributed by atoms with van der Waals surface area (Å²) in [6.45, 7) is -0.0857. The lowest BCUT2D eigenvalue weighted by atomic mass is 9.74. The number of sulfone groups is 1. The molecule has 5 rings (SSSR count). The lowest BCUT2D eigenvalue weighted by Gasteiger charge is -2.42. The highest BCUT2D eigenvalue weighted by molar-refractivity contribution is 7.92. The van der Waals surface area contributed by atoms with E-state index in [1.807, 2.05) is 0 Å². The van der Waals surface area contributed by atoms with Crippen LogP contribution >= 0.6 is 11.6 Å². The molecule has 0 radical (unpaired) electrons. The van der Waals surface area contributed by atoms with Crippen molar-refractivity contribution in [3.8, 4) is 0 Å². The Kier molecular flexibility index (Phi) is 8.36. The number of aliphatic hydroxyl groups excluding tert-OH is 2. The molecule has 2 aromatic rings. The Bertz CT molecular complexity index is 1480. The van der Waals surface area contributed by atoms with Crippen LogP contribution in [0.2, 0.25) is 5.02 Å². The highest BCUT2D eigenvalue weighted by Crippen LogP contribution is 2.52. The fraction of sp³-hybridized carbons (Fsp3) is 0.500. The summed E-state index contributed by atoms with van der Waals surface area (Å²) in [6, 6.07) is 4.70. The molecule has 3 saturated carbocycles. The van der Waals surface area contributed by atoms with Gasteiger partial charge in [0.2, 0.25) is 5.91 Å². The number of amides is 2. The van der Waals surface area contributed by atoms with Gasteiger partial charge in [-0.2, -0.15) is 0 Å². The Hall–Kier alpha value is -2.71. The van der Waals surface area contributed by atoms with Gasteiger partial charge in [-0.05, 0) is 68.6 Å². The minimum Gasteiger partial charge on any atom is -0.390 e. The third kappa shape index (κ3) is 5.64. The molecule has 2 bridgehead atoms. The fourth-order valence-electron chi connectivity index (χ4n) is 6.61. The standard InChI is InChI=1S/C28H30ClF3N2O7S/c29-19-4-1-13(27(38)34-17-10-20(30)25(32)21(31)11-17)7-24(19)42(40,41)18-8-15-2-3-16(9-18)28(15,39)12-33-26(37)14-5-22(35)23(36)6-14/h1,4,7,10-11,14-16,18,22-23,35-36,39H,2-3,5-6,8-9,12H2,(H,33,37)(H,34,38)/t14-,15-,16?,18-,22-,23+,28-/m0/s1. The van der Waals surface area contributed by atoms with Gasteiger partial charge in [0.1, 0.15) is 0 Å². The zero-order valence-corrected chi connectivity index (χ0v) is 23.8. The molecule has 7 atom stereocenters. The van der Waals surface area contributed by atoms with Gasteiger partial charge < -0.3 is 26.0 Å². The van der Waals surface area contributed by atoms with Crippen molar-refractivity contribution in [1.29, 1.82) is 0 Å². The largest absolute Gasteiger partial charge is 0.390 e. The van der Waals surface area contributed by atoms with Gasteiger partial charge in [-0.3, -0.25) is 9.59 Å². The van der Waals surface area contributed by atoms with Crippen molar-refractivity contribution in [2.24, 2.45) is 17.8 Å². The lowest BCUT2D eigenvalue weighted by Crippen LogP contribution is -2.55. The van der Waals surface area contributed by atoms with E-state index in [0.29, 0.717) is 25.0 Å². The van der Waals surface area contributed by atoms with E-state index < -0.39 is 74.0 Å². The molecule has 0 aromatic heterocycles. The number of carbonyl (C=O) groups is 2. The summed E-state index contributed by atoms with van der Waals surface area (Å²) in [5.74, 6) is -7.46. The van der Waals surface area contributed by atoms with Crippen LogP contribution in [0.25, 0.3) is 0 Å². The topological polar surface area (TPSA) is 153 Å². The first kappa shape index (κ1) is 30.7. The van der Waals surface area contributed by atoms with Crippen LogP contribution in [-0.4, -0.2) is 65.2 Å². The molecule has 9 nitrogen and oxygen atoms in total. The maximum Gasteiger partial charge on any atom is 0.255 e. The lowest BCUT2D eigenvalue weighted by molar-refractivity contribution is -0.128. The predicted molar refractivity (Wildman–Crippen MR) is 145 cm³/mol. The number of nitrogens with one attached hydrogen (secondary N) is 2. The first-order chi connectivity index (χ1) is 19.7. The molecule has 3 fully saturated rings. The van der Waals surface area contributed by atoms with Gasteiger partial charge in [0.15, 0.2) is 27.3 Å². The van der Waals surface area contributed by atoms with Gasteiger partial charge in [-0.15, -0.1) is 0 Å². The van der Waals surface area contributed by atoms with E-state index in [1.165, 1.54) is 12.1 Å². The minimum atomic E-state index is -4.11. The number of halogens is 4. The quantitative estimate of drug-likeness (QED) is 0.295. The second kappa shape index (κ2) is 11.4. The van der Waals surface area contributed by atoms with Crippen LogP contribution in [-0.2, 0) is 14.6 Å². The number of anilines is 1. The van der Waals surface area contributed by atoms with Gasteiger partial charge in [0, 0.05) is 35.8 Å². The molecule has 0 aliphatic heterocycles. The number of aliphatic hydroxyl groups is 3. The molecule has 228 valence electrons. The van der Waals surface area contributed by atoms with Crippen molar-refractivity contribution in [3.63, 3.8) is 0 Å². The van der Waals surface area contributed by atoms with Crippen LogP contribution in [0.5, 0.6) is 0 Å². The Morgan fingerprint density at radius 3 is 2.10 bits per heavy atom. The minimum absolute atomic E-state index is 0.0857. The summed E-state index contributed by atoms with van der Waals surface area (Å²) in [5.41, 5.74) is -1.86. The highest BCUT2D eigenvalue weighted by atomic mass is 35.5. The number of benzene rings is 2. The molecule has 3 aliphatic rings. The van der Waals surface area contributed by atoms with E-state index in [9.17, 15) is 46.5 Å². The zero-order valence-electron chi connectivity index (χ0n) is 22.2. The summed E-state index contributed by atoms with van der Waals surface area (Å²) in [5, 5.41) is 34.9. The second-order valence-corrected chi connectivity index (χ2v) is 14.1. The molecule has 42 heavy (non-hydrogen) atoms. The average Bonchev–Trinajstić information content (AvgIpc) is 3.31. The predicted octanol–water partition coefficient (Wildman–Crippen LogP) is 2.95. The molecule has 1 unspecified atom stereocenters. The summed E-state index contributed by atoms with van der Waals surface area (Å²) >= 11 is 6.25. The fourth-order valence-corrected chi connectivity index (χ4v) is 9.01. The highest BCUT2D eigenvalue weighted by Gasteiger charge is 2.56. The first-order valence-electron chi connectivity index (χ1n) is 13.6. The Balaban J connectivity index is 1.29. The van der Waals surface area contributed by atoms with Gasteiger partial charge in [0.25, 0.3) is 5.91 Å². The molecule has 2 aromatic carbocycles. The van der Waals surface area contributed by atoms with Crippen molar-refractivity contribution in [1.82, 2.24) is 5.32 Å². The molecule has 0 heterocycles. The van der Waals surface area contributed by atoms with Crippen LogP contribution in [0.15, 0.2) is 35.2 Å². The van der Waals surface area contributed by atoms with Gasteiger partial charge in [-0.1, -0.05) is 11.6 Å². The SMILES string of the molecule is O=C(Nc1cc(F)c(F)c(F)c1)c1ccc(Cl)c(S(=O)(=O)[C@@H]2CC3CC[C@@H](C2)[C@@]3(O)CNC(=O)[C@@H]2C[C@@H](O)[C@@H](O)C2)c1. The van der Waals surface area contributed by atoms with Crippen LogP contribution in [0.3, 0.4) is 0 Å². The van der Waals surface area contributed by atoms with Crippen LogP contribution < -0.4 is 10.6 Å². The number of rotatable bonds is 7. The molecule has 2 amide bonds. The molecular weight excluding hydrogens is 601 g/mol. The van der Waals surface area contributed by atoms with Crippen molar-refractivity contribution in [2.45, 2.75) is 66.5 Å². The Morgan fingerprint density at radius 2 is 1.52 bits per heavy atom. The van der Waals surface area contributed by atoms with Crippen LogP contribution in [0.1, 0.15) is 48.9 Å². The molecular formula is C28H30ClF3N2O7S. The van der Waals surface area contributed by atoms with Gasteiger partial charge >= 0.3 is 0 Å². The van der Waals surface area contributed by atoms with E-state index in [1.54, 1.807) is 0 Å². The van der Waals surface area contributed by atoms with Crippen molar-refractivity contribution >= 4 is 38.9 Å². The molecule has 14 heteroatoms. The van der Waals surface area contributed by atoms with Crippen LogP contribution in [0, 0.1) is 35.2 Å². The maximum atomic E-state index is 13.7. The monoisotopic (exact) mass is 630 g/mol. The first-order valence-corrected chi connectivity index (χ1v) is 15.5. The molecule has 0 spiro atoms. The van der Waals surface area contributed by atoms with Crippen molar-refractivity contribution < 1.29 is 46.5 Å². The van der Waals surface area contributed by atoms with E-state index in [-0.39, 0.29) is 59.3 Å². The second-order valence-electron chi connectivity index (χ2n) is 11.5. The van der Waals surface area contributed by atoms with E-state index in [0.717, 1.165) is 6.07 Å². The van der Waals surface area contributed by atoms with E-state index in [4.69, 9.17) is 11.6 Å². The Morgan fingerprint density at radius 1 is 0.952 bits per heavy atom. The normalized spacial score (nSPS) is 30.7. The molecule has 0 saturated heterocycles. The van der Waals surface area contributed by atoms with Crippen molar-refractivity contribution in [2.75, 3.05) is 11.9 Å². The van der Waals surface area contributed by atoms with E-state index >= 15 is 0 Å². The summed E-state index contributed by atoms with van der Waals surface area (Å²) in [4.78, 5) is 25.1. The van der Waals surface area contributed by atoms with Gasteiger partial charge in [-0.25, -0.2) is 21.6 Å². The number of fused-ring (bicyclic) bond motifs is 2. The summed E-state index contributed by atoms with van der Waals surface area (Å²) < 4.78 is 67.9. The van der Waals surface area contributed by atoms with E-state index in [2.05, 4.69) is 10.6 Å². The smallest absolute Gasteiger partial charge is 0.255 e. The van der Waals surface area contributed by atoms with Crippen molar-refractivity contribution in [3.05, 3.63) is 58.4 Å². The number of hydrogen-bond donors (Lipinski definition) is 5. The average molecular weight is 631 g/mol. The number of hydrogen-bond acceptors (Lipinski definition) is 7. The van der Waals surface area contributed by atoms with Gasteiger partial charge in [0.05, 0.1) is 33.0 Å². The third-order valence-corrected chi connectivity index (χ3v) is 11.6. The molecule has 3 aliphatic carbocycles. The third-order valence-electron chi connectivity index (χ3n) is 8.97. The summed E-state index contributed by atoms with van der Waals surface area (Å²) in [6.07, 6.45) is -0.449. The summed E-state index contributed by atoms with van der Waals surface area (Å²) in [7, 11) is -4.11. The zero-order chi connectivity index (χ0) is 30.6. The Labute approximate surface area is 245 Å². The molecule has 5 N–H and O–H groups in total.